The van der Waals surface area contributed by atoms with Gasteiger partial charge in [0.05, 0.1) is 14.5 Å². The van der Waals surface area contributed by atoms with Crippen molar-refractivity contribution in [3.8, 4) is 5.75 Å². The molecule has 4 nitrogen and oxygen atoms in total. The zero-order valence-electron chi connectivity index (χ0n) is 11.1. The van der Waals surface area contributed by atoms with Gasteiger partial charge in [-0.2, -0.15) is 0 Å². The summed E-state index contributed by atoms with van der Waals surface area (Å²) in [5.74, 6) is -1.02. The quantitative estimate of drug-likeness (QED) is 0.759. The Bertz CT molecular complexity index is 829. The first-order valence-corrected chi connectivity index (χ1v) is 7.92. The van der Waals surface area contributed by atoms with Crippen molar-refractivity contribution in [2.75, 3.05) is 5.32 Å². The van der Waals surface area contributed by atoms with Gasteiger partial charge in [-0.15, -0.1) is 0 Å². The molecule has 110 valence electrons. The molecule has 2 N–H and O–H groups in total. The average Bonchev–Trinajstić information content (AvgIpc) is 2.53. The number of anilines is 1. The number of rotatable bonds is 2. The molecule has 0 aliphatic heterocycles. The van der Waals surface area contributed by atoms with E-state index in [0.29, 0.717) is 10.2 Å². The number of allylic oxidation sites excluding steroid dienone is 2. The molecule has 0 heterocycles. The van der Waals surface area contributed by atoms with Crippen molar-refractivity contribution in [2.24, 2.45) is 0 Å². The minimum atomic E-state index is -0.438. The number of hydrogen-bond donors (Lipinski definition) is 2. The van der Waals surface area contributed by atoms with Gasteiger partial charge in [0.2, 0.25) is 11.6 Å². The maximum atomic E-state index is 12.6. The van der Waals surface area contributed by atoms with Crippen LogP contribution in [0.25, 0.3) is 0 Å². The molecule has 2 aromatic rings. The SMILES string of the molecule is O=C1C(Nc2ccccc2)=C(Br)C(=O)c2c1ccc(Br)c2O. The van der Waals surface area contributed by atoms with Gasteiger partial charge in [-0.3, -0.25) is 9.59 Å². The molecule has 0 spiro atoms. The summed E-state index contributed by atoms with van der Waals surface area (Å²) in [4.78, 5) is 25.1. The van der Waals surface area contributed by atoms with Crippen LogP contribution in [0.5, 0.6) is 5.75 Å². The van der Waals surface area contributed by atoms with E-state index in [4.69, 9.17) is 0 Å². The van der Waals surface area contributed by atoms with Crippen molar-refractivity contribution < 1.29 is 14.7 Å². The van der Waals surface area contributed by atoms with Gasteiger partial charge >= 0.3 is 0 Å². The fraction of sp³-hybridized carbons (Fsp3) is 0. The number of ketones is 2. The number of hydrogen-bond acceptors (Lipinski definition) is 4. The highest BCUT2D eigenvalue weighted by Gasteiger charge is 2.34. The fourth-order valence-corrected chi connectivity index (χ4v) is 3.03. The molecule has 0 saturated heterocycles. The molecule has 2 aromatic carbocycles. The van der Waals surface area contributed by atoms with E-state index in [-0.39, 0.29) is 32.8 Å². The van der Waals surface area contributed by atoms with Gasteiger partial charge in [0.25, 0.3) is 0 Å². The molecular formula is C16H9Br2NO3. The number of phenols is 1. The van der Waals surface area contributed by atoms with Gasteiger partial charge in [-0.1, -0.05) is 18.2 Å². The standard InChI is InChI=1S/C16H9Br2NO3/c17-10-7-6-9-11(15(10)21)16(22)12(18)13(14(9)20)19-8-4-2-1-3-5-8/h1-7,19,21H. The number of phenolic OH excluding ortho intramolecular Hbond substituents is 1. The van der Waals surface area contributed by atoms with Crippen molar-refractivity contribution in [1.82, 2.24) is 0 Å². The number of nitrogens with one attached hydrogen (secondary N) is 1. The van der Waals surface area contributed by atoms with E-state index in [9.17, 15) is 14.7 Å². The lowest BCUT2D eigenvalue weighted by molar-refractivity contribution is 0.0980. The largest absolute Gasteiger partial charge is 0.506 e. The first kappa shape index (κ1) is 15.0. The third kappa shape index (κ3) is 2.38. The predicted octanol–water partition coefficient (Wildman–Crippen LogP) is 4.25. The summed E-state index contributed by atoms with van der Waals surface area (Å²) in [5, 5.41) is 13.0. The van der Waals surface area contributed by atoms with Crippen LogP contribution >= 0.6 is 31.9 Å². The predicted molar refractivity (Wildman–Crippen MR) is 90.5 cm³/mol. The van der Waals surface area contributed by atoms with Gasteiger partial charge in [0.15, 0.2) is 0 Å². The van der Waals surface area contributed by atoms with E-state index in [1.807, 2.05) is 18.2 Å². The van der Waals surface area contributed by atoms with E-state index in [0.717, 1.165) is 0 Å². The Hall–Kier alpha value is -1.92. The summed E-state index contributed by atoms with van der Waals surface area (Å²) in [6.45, 7) is 0. The van der Waals surface area contributed by atoms with Crippen LogP contribution in [0.4, 0.5) is 5.69 Å². The number of benzene rings is 2. The monoisotopic (exact) mass is 421 g/mol. The van der Waals surface area contributed by atoms with Crippen LogP contribution in [0.15, 0.2) is 57.1 Å². The summed E-state index contributed by atoms with van der Waals surface area (Å²) in [6.07, 6.45) is 0. The van der Waals surface area contributed by atoms with Crippen molar-refractivity contribution in [1.29, 1.82) is 0 Å². The smallest absolute Gasteiger partial charge is 0.211 e. The van der Waals surface area contributed by atoms with Gasteiger partial charge < -0.3 is 10.4 Å². The number of carbonyl (C=O) groups excluding carboxylic acids is 2. The molecule has 0 bridgehead atoms. The fourth-order valence-electron chi connectivity index (χ4n) is 2.22. The molecule has 0 aromatic heterocycles. The topological polar surface area (TPSA) is 66.4 Å². The van der Waals surface area contributed by atoms with Crippen LogP contribution in [0.1, 0.15) is 20.7 Å². The number of halogens is 2. The first-order valence-electron chi connectivity index (χ1n) is 6.33. The van der Waals surface area contributed by atoms with Crippen LogP contribution < -0.4 is 5.32 Å². The summed E-state index contributed by atoms with van der Waals surface area (Å²) in [5.41, 5.74) is 1.03. The Balaban J connectivity index is 2.11. The number of aromatic hydroxyl groups is 1. The molecule has 0 unspecified atom stereocenters. The molecule has 0 saturated carbocycles. The Morgan fingerprint density at radius 1 is 0.909 bits per heavy atom. The summed E-state index contributed by atoms with van der Waals surface area (Å²) in [7, 11) is 0. The molecule has 3 rings (SSSR count). The maximum Gasteiger partial charge on any atom is 0.211 e. The van der Waals surface area contributed by atoms with Crippen molar-refractivity contribution in [2.45, 2.75) is 0 Å². The number of carbonyl (C=O) groups is 2. The van der Waals surface area contributed by atoms with E-state index in [1.165, 1.54) is 6.07 Å². The molecule has 0 fully saturated rings. The van der Waals surface area contributed by atoms with Gasteiger partial charge in [-0.25, -0.2) is 0 Å². The third-order valence-corrected chi connectivity index (χ3v) is 4.69. The maximum absolute atomic E-state index is 12.6. The highest BCUT2D eigenvalue weighted by molar-refractivity contribution is 9.12. The van der Waals surface area contributed by atoms with Crippen LogP contribution in [0, 0.1) is 0 Å². The summed E-state index contributed by atoms with van der Waals surface area (Å²) in [6, 6.07) is 12.1. The lowest BCUT2D eigenvalue weighted by Gasteiger charge is -2.20. The average molecular weight is 423 g/mol. The Kier molecular flexibility index (Phi) is 3.88. The van der Waals surface area contributed by atoms with Crippen molar-refractivity contribution >= 4 is 49.1 Å². The minimum Gasteiger partial charge on any atom is -0.506 e. The second kappa shape index (κ2) is 5.70. The normalized spacial score (nSPS) is 14.1. The lowest BCUT2D eigenvalue weighted by Crippen LogP contribution is -2.24. The zero-order valence-corrected chi connectivity index (χ0v) is 14.2. The molecular weight excluding hydrogens is 414 g/mol. The molecule has 1 aliphatic carbocycles. The molecule has 0 radical (unpaired) electrons. The van der Waals surface area contributed by atoms with Crippen molar-refractivity contribution in [3.63, 3.8) is 0 Å². The molecule has 1 aliphatic rings. The minimum absolute atomic E-state index is 0.00450. The molecule has 0 amide bonds. The van der Waals surface area contributed by atoms with E-state index in [2.05, 4.69) is 37.2 Å². The summed E-state index contributed by atoms with van der Waals surface area (Å²) < 4.78 is 0.467. The molecule has 22 heavy (non-hydrogen) atoms. The number of para-hydroxylation sites is 1. The number of Topliss-reactive ketones (excluding diaryl/α,β-unsaturated/α-hetero) is 2. The first-order chi connectivity index (χ1) is 10.5. The number of fused-ring (bicyclic) bond motifs is 1. The van der Waals surface area contributed by atoms with E-state index >= 15 is 0 Å². The van der Waals surface area contributed by atoms with Crippen LogP contribution in [0.2, 0.25) is 0 Å². The third-order valence-electron chi connectivity index (χ3n) is 3.29. The van der Waals surface area contributed by atoms with Crippen molar-refractivity contribution in [3.05, 3.63) is 68.2 Å². The van der Waals surface area contributed by atoms with Gasteiger partial charge in [0.1, 0.15) is 11.4 Å². The van der Waals surface area contributed by atoms with E-state index < -0.39 is 5.78 Å². The van der Waals surface area contributed by atoms with Gasteiger partial charge in [-0.05, 0) is 56.1 Å². The van der Waals surface area contributed by atoms with Gasteiger partial charge in [0, 0.05) is 11.3 Å². The second-order valence-corrected chi connectivity index (χ2v) is 6.30. The second-order valence-electron chi connectivity index (χ2n) is 4.66. The van der Waals surface area contributed by atoms with Crippen LogP contribution in [-0.4, -0.2) is 16.7 Å². The lowest BCUT2D eigenvalue weighted by atomic mass is 9.91. The Morgan fingerprint density at radius 3 is 2.27 bits per heavy atom. The highest BCUT2D eigenvalue weighted by Crippen LogP contribution is 2.38. The highest BCUT2D eigenvalue weighted by atomic mass is 79.9. The van der Waals surface area contributed by atoms with E-state index in [1.54, 1.807) is 18.2 Å². The Morgan fingerprint density at radius 2 is 1.59 bits per heavy atom. The zero-order chi connectivity index (χ0) is 15.9. The van der Waals surface area contributed by atoms with Crippen LogP contribution in [-0.2, 0) is 0 Å². The molecule has 6 heteroatoms. The molecule has 0 atom stereocenters. The van der Waals surface area contributed by atoms with Crippen LogP contribution in [0.3, 0.4) is 0 Å². The summed E-state index contributed by atoms with van der Waals surface area (Å²) >= 11 is 6.32. The Labute approximate surface area is 143 Å².